The van der Waals surface area contributed by atoms with Gasteiger partial charge in [0.25, 0.3) is 0 Å². The molecule has 0 heterocycles. The summed E-state index contributed by atoms with van der Waals surface area (Å²) >= 11 is 0. The van der Waals surface area contributed by atoms with Gasteiger partial charge in [0.15, 0.2) is 0 Å². The van der Waals surface area contributed by atoms with E-state index in [1.165, 1.54) is 6.42 Å². The van der Waals surface area contributed by atoms with E-state index >= 15 is 0 Å². The number of rotatable bonds is 2. The van der Waals surface area contributed by atoms with E-state index in [9.17, 15) is 5.11 Å². The summed E-state index contributed by atoms with van der Waals surface area (Å²) < 4.78 is 0. The largest absolute Gasteiger partial charge is 0.390 e. The Morgan fingerprint density at radius 3 is 2.00 bits per heavy atom. The molecule has 14 heavy (non-hydrogen) atoms. The fraction of sp³-hybridized carbons (Fsp3) is 1.00. The first kappa shape index (κ1) is 12.0. The first-order valence-corrected chi connectivity index (χ1v) is 6.06. The molecule has 1 aliphatic rings. The second kappa shape index (κ2) is 4.22. The molecule has 1 fully saturated rings. The standard InChI is InChI=1S/C13H26O/c1-9(2)11-6-7-13(5,14)8-12(11)10(3)4/h9-12,14H,6-8H2,1-5H3. The van der Waals surface area contributed by atoms with E-state index < -0.39 is 5.60 Å². The summed E-state index contributed by atoms with van der Waals surface area (Å²) in [5, 5.41) is 10.1. The van der Waals surface area contributed by atoms with Gasteiger partial charge in [-0.2, -0.15) is 0 Å². The Morgan fingerprint density at radius 1 is 1.07 bits per heavy atom. The Labute approximate surface area is 88.9 Å². The van der Waals surface area contributed by atoms with Crippen molar-refractivity contribution in [3.63, 3.8) is 0 Å². The maximum Gasteiger partial charge on any atom is 0.0622 e. The highest BCUT2D eigenvalue weighted by molar-refractivity contribution is 4.89. The second-order valence-electron chi connectivity index (χ2n) is 6.06. The highest BCUT2D eigenvalue weighted by Gasteiger charge is 2.38. The topological polar surface area (TPSA) is 20.2 Å². The summed E-state index contributed by atoms with van der Waals surface area (Å²) in [7, 11) is 0. The van der Waals surface area contributed by atoms with Crippen LogP contribution < -0.4 is 0 Å². The van der Waals surface area contributed by atoms with Gasteiger partial charge in [-0.1, -0.05) is 27.7 Å². The van der Waals surface area contributed by atoms with Crippen LogP contribution in [0.2, 0.25) is 0 Å². The highest BCUT2D eigenvalue weighted by atomic mass is 16.3. The van der Waals surface area contributed by atoms with Crippen molar-refractivity contribution < 1.29 is 5.11 Å². The van der Waals surface area contributed by atoms with Gasteiger partial charge in [0.2, 0.25) is 0 Å². The van der Waals surface area contributed by atoms with Crippen LogP contribution in [-0.2, 0) is 0 Å². The third-order valence-electron chi connectivity index (χ3n) is 3.95. The van der Waals surface area contributed by atoms with Crippen molar-refractivity contribution >= 4 is 0 Å². The van der Waals surface area contributed by atoms with Gasteiger partial charge in [0, 0.05) is 0 Å². The molecule has 3 unspecified atom stereocenters. The minimum absolute atomic E-state index is 0.402. The third kappa shape index (κ3) is 2.73. The van der Waals surface area contributed by atoms with Crippen molar-refractivity contribution in [3.8, 4) is 0 Å². The SMILES string of the molecule is CC(C)C1CCC(C)(O)CC1C(C)C. The number of aliphatic hydroxyl groups is 1. The van der Waals surface area contributed by atoms with Crippen molar-refractivity contribution in [2.75, 3.05) is 0 Å². The van der Waals surface area contributed by atoms with Crippen LogP contribution in [0.4, 0.5) is 0 Å². The molecular formula is C13H26O. The van der Waals surface area contributed by atoms with E-state index in [1.54, 1.807) is 0 Å². The lowest BCUT2D eigenvalue weighted by Gasteiger charge is -2.43. The van der Waals surface area contributed by atoms with Gasteiger partial charge in [-0.05, 0) is 49.9 Å². The zero-order valence-corrected chi connectivity index (χ0v) is 10.4. The predicted molar refractivity (Wildman–Crippen MR) is 61.1 cm³/mol. The molecule has 0 bridgehead atoms. The number of hydrogen-bond acceptors (Lipinski definition) is 1. The van der Waals surface area contributed by atoms with E-state index in [2.05, 4.69) is 27.7 Å². The van der Waals surface area contributed by atoms with Crippen molar-refractivity contribution in [1.82, 2.24) is 0 Å². The molecule has 0 aromatic rings. The van der Waals surface area contributed by atoms with Crippen LogP contribution in [0.25, 0.3) is 0 Å². The van der Waals surface area contributed by atoms with Crippen LogP contribution in [0.5, 0.6) is 0 Å². The molecule has 0 aromatic heterocycles. The minimum Gasteiger partial charge on any atom is -0.390 e. The lowest BCUT2D eigenvalue weighted by atomic mass is 9.65. The van der Waals surface area contributed by atoms with Gasteiger partial charge >= 0.3 is 0 Å². The summed E-state index contributed by atoms with van der Waals surface area (Å²) in [6.07, 6.45) is 3.18. The molecule has 1 nitrogen and oxygen atoms in total. The van der Waals surface area contributed by atoms with Gasteiger partial charge in [-0.25, -0.2) is 0 Å². The molecule has 1 heteroatoms. The smallest absolute Gasteiger partial charge is 0.0622 e. The third-order valence-corrected chi connectivity index (χ3v) is 3.95. The van der Waals surface area contributed by atoms with E-state index in [4.69, 9.17) is 0 Å². The molecule has 0 aliphatic heterocycles. The summed E-state index contributed by atoms with van der Waals surface area (Å²) in [6.45, 7) is 11.2. The Morgan fingerprint density at radius 2 is 1.57 bits per heavy atom. The zero-order chi connectivity index (χ0) is 10.9. The summed E-state index contributed by atoms with van der Waals surface area (Å²) in [5.41, 5.74) is -0.402. The van der Waals surface area contributed by atoms with Crippen molar-refractivity contribution in [1.29, 1.82) is 0 Å². The van der Waals surface area contributed by atoms with Gasteiger partial charge < -0.3 is 5.11 Å². The Hall–Kier alpha value is -0.0400. The molecule has 1 rings (SSSR count). The van der Waals surface area contributed by atoms with E-state index in [-0.39, 0.29) is 0 Å². The molecule has 0 saturated heterocycles. The van der Waals surface area contributed by atoms with Crippen LogP contribution in [0.3, 0.4) is 0 Å². The van der Waals surface area contributed by atoms with Crippen LogP contribution in [-0.4, -0.2) is 10.7 Å². The molecule has 3 atom stereocenters. The Bertz CT molecular complexity index is 182. The normalized spacial score (nSPS) is 39.4. The quantitative estimate of drug-likeness (QED) is 0.720. The fourth-order valence-corrected chi connectivity index (χ4v) is 3.01. The van der Waals surface area contributed by atoms with Crippen LogP contribution >= 0.6 is 0 Å². The van der Waals surface area contributed by atoms with Crippen LogP contribution in [0.15, 0.2) is 0 Å². The van der Waals surface area contributed by atoms with Gasteiger partial charge in [0.1, 0.15) is 0 Å². The molecule has 0 radical (unpaired) electrons. The van der Waals surface area contributed by atoms with E-state index in [1.807, 2.05) is 6.92 Å². The zero-order valence-electron chi connectivity index (χ0n) is 10.4. The van der Waals surface area contributed by atoms with Crippen LogP contribution in [0.1, 0.15) is 53.9 Å². The summed E-state index contributed by atoms with van der Waals surface area (Å²) in [6, 6.07) is 0. The summed E-state index contributed by atoms with van der Waals surface area (Å²) in [4.78, 5) is 0. The monoisotopic (exact) mass is 198 g/mol. The van der Waals surface area contributed by atoms with E-state index in [0.717, 1.165) is 24.7 Å². The van der Waals surface area contributed by atoms with Crippen LogP contribution in [0, 0.1) is 23.7 Å². The lowest BCUT2D eigenvalue weighted by molar-refractivity contribution is -0.0411. The molecule has 1 saturated carbocycles. The van der Waals surface area contributed by atoms with Gasteiger partial charge in [0.05, 0.1) is 5.60 Å². The maximum atomic E-state index is 10.1. The molecule has 0 amide bonds. The second-order valence-corrected chi connectivity index (χ2v) is 6.06. The Kier molecular flexibility index (Phi) is 3.63. The molecule has 1 N–H and O–H groups in total. The maximum absolute atomic E-state index is 10.1. The fourth-order valence-electron chi connectivity index (χ4n) is 3.01. The molecule has 0 spiro atoms. The average Bonchev–Trinajstić information content (AvgIpc) is 2.01. The molecular weight excluding hydrogens is 172 g/mol. The Balaban J connectivity index is 2.71. The molecule has 1 aliphatic carbocycles. The first-order valence-electron chi connectivity index (χ1n) is 6.06. The lowest BCUT2D eigenvalue weighted by Crippen LogP contribution is -2.40. The van der Waals surface area contributed by atoms with Gasteiger partial charge in [-0.3, -0.25) is 0 Å². The summed E-state index contributed by atoms with van der Waals surface area (Å²) in [5.74, 6) is 2.99. The number of hydrogen-bond donors (Lipinski definition) is 1. The first-order chi connectivity index (χ1) is 6.33. The molecule has 0 aromatic carbocycles. The van der Waals surface area contributed by atoms with Crippen molar-refractivity contribution in [2.45, 2.75) is 59.5 Å². The minimum atomic E-state index is -0.402. The average molecular weight is 198 g/mol. The van der Waals surface area contributed by atoms with Crippen molar-refractivity contribution in [3.05, 3.63) is 0 Å². The predicted octanol–water partition coefficient (Wildman–Crippen LogP) is 3.47. The highest BCUT2D eigenvalue weighted by Crippen LogP contribution is 2.43. The van der Waals surface area contributed by atoms with Gasteiger partial charge in [-0.15, -0.1) is 0 Å². The van der Waals surface area contributed by atoms with Crippen molar-refractivity contribution in [2.24, 2.45) is 23.7 Å². The molecule has 84 valence electrons. The van der Waals surface area contributed by atoms with E-state index in [0.29, 0.717) is 11.8 Å².